The maximum Gasteiger partial charge on any atom is 0.408 e. The van der Waals surface area contributed by atoms with Gasteiger partial charge in [0.15, 0.2) is 0 Å². The van der Waals surface area contributed by atoms with Gasteiger partial charge in [-0.1, -0.05) is 0 Å². The number of nitrogens with zero attached hydrogens (tertiary/aromatic N) is 1. The SMILES string of the molecule is CS(=O)(=O)OCC[C@H]1CCN(C(=O)O)[C@@H](C(=O)O)C1. The maximum absolute atomic E-state index is 11.0. The van der Waals surface area contributed by atoms with Crippen LogP contribution in [0.25, 0.3) is 0 Å². The summed E-state index contributed by atoms with van der Waals surface area (Å²) in [5.41, 5.74) is 0. The summed E-state index contributed by atoms with van der Waals surface area (Å²) in [6.07, 6.45) is 0.765. The number of likely N-dealkylation sites (tertiary alicyclic amines) is 1. The van der Waals surface area contributed by atoms with Gasteiger partial charge in [-0.05, 0) is 25.2 Å². The number of hydrogen-bond donors (Lipinski definition) is 2. The Labute approximate surface area is 111 Å². The van der Waals surface area contributed by atoms with Crippen LogP contribution in [0.4, 0.5) is 4.79 Å². The molecule has 1 rings (SSSR count). The van der Waals surface area contributed by atoms with Crippen molar-refractivity contribution in [2.45, 2.75) is 25.3 Å². The predicted molar refractivity (Wildman–Crippen MR) is 64.3 cm³/mol. The van der Waals surface area contributed by atoms with Gasteiger partial charge in [0, 0.05) is 6.54 Å². The third-order valence-corrected chi connectivity index (χ3v) is 3.66. The highest BCUT2D eigenvalue weighted by molar-refractivity contribution is 7.85. The first-order valence-electron chi connectivity index (χ1n) is 5.77. The molecule has 0 unspecified atom stereocenters. The second kappa shape index (κ2) is 6.20. The molecular weight excluding hydrogens is 278 g/mol. The van der Waals surface area contributed by atoms with Crippen LogP contribution in [0, 0.1) is 5.92 Å². The zero-order chi connectivity index (χ0) is 14.6. The summed E-state index contributed by atoms with van der Waals surface area (Å²) in [6, 6.07) is -1.07. The highest BCUT2D eigenvalue weighted by atomic mass is 32.2. The quantitative estimate of drug-likeness (QED) is 0.694. The Hall–Kier alpha value is -1.35. The van der Waals surface area contributed by atoms with E-state index in [0.29, 0.717) is 12.8 Å². The van der Waals surface area contributed by atoms with E-state index in [0.717, 1.165) is 11.2 Å². The summed E-state index contributed by atoms with van der Waals surface area (Å²) in [6.45, 7) is 0.124. The molecule has 0 aromatic carbocycles. The first-order chi connectivity index (χ1) is 8.70. The lowest BCUT2D eigenvalue weighted by molar-refractivity contribution is -0.144. The number of aliphatic carboxylic acids is 1. The van der Waals surface area contributed by atoms with E-state index in [4.69, 9.17) is 10.2 Å². The molecule has 2 N–H and O–H groups in total. The first-order valence-corrected chi connectivity index (χ1v) is 7.59. The minimum Gasteiger partial charge on any atom is -0.480 e. The predicted octanol–water partition coefficient (Wildman–Crippen LogP) is 0.196. The molecule has 9 heteroatoms. The fourth-order valence-corrected chi connectivity index (χ4v) is 2.53. The summed E-state index contributed by atoms with van der Waals surface area (Å²) in [5.74, 6) is -1.24. The van der Waals surface area contributed by atoms with E-state index >= 15 is 0 Å². The van der Waals surface area contributed by atoms with Crippen molar-refractivity contribution in [1.82, 2.24) is 4.90 Å². The maximum atomic E-state index is 11.0. The molecule has 1 aliphatic rings. The highest BCUT2D eigenvalue weighted by Gasteiger charge is 2.36. The number of carbonyl (C=O) groups is 2. The van der Waals surface area contributed by atoms with Crippen molar-refractivity contribution in [1.29, 1.82) is 0 Å². The van der Waals surface area contributed by atoms with Gasteiger partial charge in [0.1, 0.15) is 6.04 Å². The molecule has 1 amide bonds. The fourth-order valence-electron chi connectivity index (χ4n) is 2.13. The van der Waals surface area contributed by atoms with Crippen molar-refractivity contribution in [2.24, 2.45) is 5.92 Å². The Morgan fingerprint density at radius 3 is 2.47 bits per heavy atom. The van der Waals surface area contributed by atoms with Crippen molar-refractivity contribution in [2.75, 3.05) is 19.4 Å². The summed E-state index contributed by atoms with van der Waals surface area (Å²) in [5, 5.41) is 17.9. The molecule has 0 bridgehead atoms. The van der Waals surface area contributed by atoms with Crippen molar-refractivity contribution < 1.29 is 32.4 Å². The van der Waals surface area contributed by atoms with E-state index in [-0.39, 0.29) is 25.5 Å². The van der Waals surface area contributed by atoms with Gasteiger partial charge in [-0.3, -0.25) is 9.08 Å². The zero-order valence-electron chi connectivity index (χ0n) is 10.5. The number of piperidine rings is 1. The monoisotopic (exact) mass is 295 g/mol. The van der Waals surface area contributed by atoms with Crippen molar-refractivity contribution >= 4 is 22.2 Å². The van der Waals surface area contributed by atoms with E-state index in [9.17, 15) is 18.0 Å². The molecule has 1 aliphatic heterocycles. The molecule has 0 saturated carbocycles. The van der Waals surface area contributed by atoms with Gasteiger partial charge in [-0.25, -0.2) is 9.59 Å². The molecule has 8 nitrogen and oxygen atoms in total. The third-order valence-electron chi connectivity index (χ3n) is 3.07. The average molecular weight is 295 g/mol. The molecule has 110 valence electrons. The van der Waals surface area contributed by atoms with Gasteiger partial charge in [0.05, 0.1) is 12.9 Å². The van der Waals surface area contributed by atoms with Crippen LogP contribution in [0.5, 0.6) is 0 Å². The van der Waals surface area contributed by atoms with Crippen molar-refractivity contribution in [3.8, 4) is 0 Å². The highest BCUT2D eigenvalue weighted by Crippen LogP contribution is 2.26. The number of hydrogen-bond acceptors (Lipinski definition) is 5. The molecule has 0 aliphatic carbocycles. The van der Waals surface area contributed by atoms with Crippen LogP contribution in [-0.2, 0) is 19.1 Å². The molecule has 19 heavy (non-hydrogen) atoms. The lowest BCUT2D eigenvalue weighted by Crippen LogP contribution is -2.49. The number of carboxylic acids is 1. The number of amides is 1. The normalized spacial score (nSPS) is 24.2. The van der Waals surface area contributed by atoms with Gasteiger partial charge < -0.3 is 10.2 Å². The lowest BCUT2D eigenvalue weighted by atomic mass is 9.89. The lowest BCUT2D eigenvalue weighted by Gasteiger charge is -2.35. The Balaban J connectivity index is 2.52. The van der Waals surface area contributed by atoms with Gasteiger partial charge in [-0.2, -0.15) is 8.42 Å². The summed E-state index contributed by atoms with van der Waals surface area (Å²) in [7, 11) is -3.50. The second-order valence-electron chi connectivity index (χ2n) is 4.54. The van der Waals surface area contributed by atoms with Crippen LogP contribution >= 0.6 is 0 Å². The van der Waals surface area contributed by atoms with E-state index < -0.39 is 28.2 Å². The van der Waals surface area contributed by atoms with Crippen LogP contribution in [0.3, 0.4) is 0 Å². The van der Waals surface area contributed by atoms with Gasteiger partial charge in [-0.15, -0.1) is 0 Å². The van der Waals surface area contributed by atoms with Gasteiger partial charge in [0.25, 0.3) is 10.1 Å². The first kappa shape index (κ1) is 15.7. The Morgan fingerprint density at radius 1 is 1.37 bits per heavy atom. The Bertz CT molecular complexity index is 447. The second-order valence-corrected chi connectivity index (χ2v) is 6.18. The summed E-state index contributed by atoms with van der Waals surface area (Å²) >= 11 is 0. The molecule has 2 atom stereocenters. The third kappa shape index (κ3) is 5.03. The van der Waals surface area contributed by atoms with Crippen LogP contribution in [0.1, 0.15) is 19.3 Å². The molecule has 1 heterocycles. The largest absolute Gasteiger partial charge is 0.480 e. The van der Waals surface area contributed by atoms with E-state index in [1.165, 1.54) is 0 Å². The van der Waals surface area contributed by atoms with Crippen LogP contribution in [-0.4, -0.2) is 61.0 Å². The number of carboxylic acid groups (broad SMARTS) is 2. The molecule has 0 spiro atoms. The topological polar surface area (TPSA) is 121 Å². The van der Waals surface area contributed by atoms with Gasteiger partial charge >= 0.3 is 12.1 Å². The van der Waals surface area contributed by atoms with E-state index in [1.54, 1.807) is 0 Å². The van der Waals surface area contributed by atoms with Crippen molar-refractivity contribution in [3.63, 3.8) is 0 Å². The molecule has 1 saturated heterocycles. The van der Waals surface area contributed by atoms with Crippen molar-refractivity contribution in [3.05, 3.63) is 0 Å². The van der Waals surface area contributed by atoms with E-state index in [1.807, 2.05) is 0 Å². The minimum absolute atomic E-state index is 0.0110. The van der Waals surface area contributed by atoms with Gasteiger partial charge in [0.2, 0.25) is 0 Å². The van der Waals surface area contributed by atoms with Crippen LogP contribution in [0.2, 0.25) is 0 Å². The zero-order valence-corrected chi connectivity index (χ0v) is 11.3. The Morgan fingerprint density at radius 2 is 2.00 bits per heavy atom. The molecule has 0 aromatic rings. The smallest absolute Gasteiger partial charge is 0.408 e. The molecule has 1 fully saturated rings. The van der Waals surface area contributed by atoms with E-state index in [2.05, 4.69) is 4.18 Å². The summed E-state index contributed by atoms with van der Waals surface area (Å²) < 4.78 is 26.2. The van der Waals surface area contributed by atoms with Crippen LogP contribution < -0.4 is 0 Å². The fraction of sp³-hybridized carbons (Fsp3) is 0.800. The Kier molecular flexibility index (Phi) is 5.12. The standard InChI is InChI=1S/C10H17NO7S/c1-19(16,17)18-5-3-7-2-4-11(10(14)15)8(6-7)9(12)13/h7-8H,2-6H2,1H3,(H,12,13)(H,14,15)/t7-,8-/m1/s1. The van der Waals surface area contributed by atoms with Crippen LogP contribution in [0.15, 0.2) is 0 Å². The average Bonchev–Trinajstić information content (AvgIpc) is 2.26. The molecular formula is C10H17NO7S. The number of rotatable bonds is 5. The molecule has 0 aromatic heterocycles. The summed E-state index contributed by atoms with van der Waals surface area (Å²) in [4.78, 5) is 22.8. The minimum atomic E-state index is -3.50. The molecule has 0 radical (unpaired) electrons.